The molecule has 0 aliphatic heterocycles. The highest BCUT2D eigenvalue weighted by atomic mass is 35.5. The van der Waals surface area contributed by atoms with Gasteiger partial charge >= 0.3 is 0 Å². The molecule has 0 unspecified atom stereocenters. The van der Waals surface area contributed by atoms with E-state index >= 15 is 0 Å². The second-order valence-electron chi connectivity index (χ2n) is 6.44. The molecule has 0 aromatic heterocycles. The largest absolute Gasteiger partial charge is 0.508 e. The molecule has 0 spiro atoms. The van der Waals surface area contributed by atoms with Crippen molar-refractivity contribution >= 4 is 29.1 Å². The third-order valence-electron chi connectivity index (χ3n) is 4.22. The summed E-state index contributed by atoms with van der Waals surface area (Å²) in [5.41, 5.74) is 3.75. The number of hydrogen-bond donors (Lipinski definition) is 2. The summed E-state index contributed by atoms with van der Waals surface area (Å²) in [4.78, 5) is 11.4. The van der Waals surface area contributed by atoms with Crippen molar-refractivity contribution in [3.63, 3.8) is 0 Å². The van der Waals surface area contributed by atoms with Crippen LogP contribution >= 0.6 is 23.2 Å². The van der Waals surface area contributed by atoms with E-state index in [0.29, 0.717) is 35.1 Å². The van der Waals surface area contributed by atoms with Crippen molar-refractivity contribution in [1.29, 1.82) is 0 Å². The molecule has 0 heterocycles. The maximum Gasteiger partial charge on any atom is 0.220 e. The fourth-order valence-corrected chi connectivity index (χ4v) is 3.40. The number of benzene rings is 2. The van der Waals surface area contributed by atoms with Crippen LogP contribution in [0, 0.1) is 0 Å². The number of nitrogens with one attached hydrogen (secondary N) is 1. The van der Waals surface area contributed by atoms with Crippen LogP contribution in [0.3, 0.4) is 0 Å². The number of carbonyl (C=O) groups excluding carboxylic acids is 1. The Morgan fingerprint density at radius 1 is 1.12 bits per heavy atom. The SMILES string of the molecule is CNC(=O)CCc1cc(Cl)c(Cc2ccc(O)c(C(C)C)c2)c(Cl)c1. The maximum atomic E-state index is 11.4. The molecule has 2 aromatic rings. The third-order valence-corrected chi connectivity index (χ3v) is 4.89. The van der Waals surface area contributed by atoms with Crippen molar-refractivity contribution in [1.82, 2.24) is 5.32 Å². The fourth-order valence-electron chi connectivity index (χ4n) is 2.73. The van der Waals surface area contributed by atoms with Gasteiger partial charge in [-0.1, -0.05) is 49.2 Å². The normalized spacial score (nSPS) is 11.0. The van der Waals surface area contributed by atoms with Crippen LogP contribution in [0.25, 0.3) is 0 Å². The summed E-state index contributed by atoms with van der Waals surface area (Å²) in [5, 5.41) is 13.8. The molecule has 1 amide bonds. The molecule has 0 radical (unpaired) electrons. The average Bonchev–Trinajstić information content (AvgIpc) is 2.57. The molecule has 0 fully saturated rings. The maximum absolute atomic E-state index is 11.4. The molecule has 134 valence electrons. The van der Waals surface area contributed by atoms with Crippen LogP contribution in [-0.2, 0) is 17.6 Å². The van der Waals surface area contributed by atoms with E-state index in [4.69, 9.17) is 23.2 Å². The number of amides is 1. The first-order valence-corrected chi connectivity index (χ1v) is 9.06. The Labute approximate surface area is 159 Å². The molecule has 0 saturated carbocycles. The van der Waals surface area contributed by atoms with Crippen molar-refractivity contribution in [2.45, 2.75) is 39.0 Å². The first-order chi connectivity index (χ1) is 11.8. The first kappa shape index (κ1) is 19.6. The molecule has 0 bridgehead atoms. The highest BCUT2D eigenvalue weighted by molar-refractivity contribution is 6.36. The van der Waals surface area contributed by atoms with E-state index in [-0.39, 0.29) is 11.8 Å². The van der Waals surface area contributed by atoms with Crippen LogP contribution in [0.15, 0.2) is 30.3 Å². The molecule has 25 heavy (non-hydrogen) atoms. The molecule has 2 rings (SSSR count). The van der Waals surface area contributed by atoms with Gasteiger partial charge < -0.3 is 10.4 Å². The van der Waals surface area contributed by atoms with E-state index in [1.807, 2.05) is 38.1 Å². The number of halogens is 2. The predicted molar refractivity (Wildman–Crippen MR) is 104 cm³/mol. The second-order valence-corrected chi connectivity index (χ2v) is 7.25. The summed E-state index contributed by atoms with van der Waals surface area (Å²) in [5.74, 6) is 0.528. The lowest BCUT2D eigenvalue weighted by molar-refractivity contribution is -0.120. The van der Waals surface area contributed by atoms with Crippen LogP contribution in [0.5, 0.6) is 5.75 Å². The van der Waals surface area contributed by atoms with Gasteiger partial charge in [0.15, 0.2) is 0 Å². The van der Waals surface area contributed by atoms with Crippen molar-refractivity contribution in [3.8, 4) is 5.75 Å². The molecule has 5 heteroatoms. The lowest BCUT2D eigenvalue weighted by atomic mass is 9.96. The fraction of sp³-hybridized carbons (Fsp3) is 0.350. The number of aryl methyl sites for hydroxylation is 1. The van der Waals surface area contributed by atoms with Gasteiger partial charge in [0.1, 0.15) is 5.75 Å². The summed E-state index contributed by atoms with van der Waals surface area (Å²) in [6, 6.07) is 9.33. The molecular formula is C20H23Cl2NO2. The van der Waals surface area contributed by atoms with Crippen LogP contribution in [0.4, 0.5) is 0 Å². The van der Waals surface area contributed by atoms with E-state index in [0.717, 1.165) is 22.3 Å². The van der Waals surface area contributed by atoms with Gasteiger partial charge in [0.2, 0.25) is 5.91 Å². The summed E-state index contributed by atoms with van der Waals surface area (Å²) in [7, 11) is 1.62. The minimum atomic E-state index is -0.0124. The van der Waals surface area contributed by atoms with Crippen LogP contribution < -0.4 is 5.32 Å². The van der Waals surface area contributed by atoms with Gasteiger partial charge in [-0.25, -0.2) is 0 Å². The summed E-state index contributed by atoms with van der Waals surface area (Å²) < 4.78 is 0. The molecule has 0 aliphatic rings. The standard InChI is InChI=1S/C20H23Cl2NO2/c1-12(2)15-8-13(4-6-19(15)24)9-16-17(21)10-14(11-18(16)22)5-7-20(25)23-3/h4,6,8,10-12,24H,5,7,9H2,1-3H3,(H,23,25). The summed E-state index contributed by atoms with van der Waals surface area (Å²) in [6.45, 7) is 4.08. The van der Waals surface area contributed by atoms with Crippen molar-refractivity contribution in [2.24, 2.45) is 0 Å². The van der Waals surface area contributed by atoms with Gasteiger partial charge in [-0.3, -0.25) is 4.79 Å². The number of aromatic hydroxyl groups is 1. The average molecular weight is 380 g/mol. The van der Waals surface area contributed by atoms with Gasteiger partial charge in [0.25, 0.3) is 0 Å². The van der Waals surface area contributed by atoms with Crippen LogP contribution in [0.1, 0.15) is 48.4 Å². The third kappa shape index (κ3) is 5.13. The quantitative estimate of drug-likeness (QED) is 0.733. The summed E-state index contributed by atoms with van der Waals surface area (Å²) in [6.07, 6.45) is 1.59. The lowest BCUT2D eigenvalue weighted by Crippen LogP contribution is -2.17. The molecule has 3 nitrogen and oxygen atoms in total. The lowest BCUT2D eigenvalue weighted by Gasteiger charge is -2.13. The van der Waals surface area contributed by atoms with E-state index < -0.39 is 0 Å². The Kier molecular flexibility index (Phi) is 6.74. The van der Waals surface area contributed by atoms with Crippen molar-refractivity contribution < 1.29 is 9.90 Å². The van der Waals surface area contributed by atoms with Crippen molar-refractivity contribution in [3.05, 3.63) is 62.6 Å². The summed E-state index contributed by atoms with van der Waals surface area (Å²) >= 11 is 12.9. The minimum absolute atomic E-state index is 0.0124. The number of hydrogen-bond acceptors (Lipinski definition) is 2. The Morgan fingerprint density at radius 2 is 1.76 bits per heavy atom. The Morgan fingerprint density at radius 3 is 2.32 bits per heavy atom. The Bertz CT molecular complexity index is 749. The van der Waals surface area contributed by atoms with Gasteiger partial charge in [-0.15, -0.1) is 0 Å². The van der Waals surface area contributed by atoms with E-state index in [9.17, 15) is 9.90 Å². The van der Waals surface area contributed by atoms with E-state index in [1.54, 1.807) is 13.1 Å². The predicted octanol–water partition coefficient (Wildman–Crippen LogP) is 5.09. The molecule has 0 saturated heterocycles. The van der Waals surface area contributed by atoms with Gasteiger partial charge in [0, 0.05) is 29.9 Å². The molecule has 2 N–H and O–H groups in total. The Balaban J connectivity index is 2.23. The monoisotopic (exact) mass is 379 g/mol. The molecule has 0 aliphatic carbocycles. The zero-order valence-electron chi connectivity index (χ0n) is 14.7. The highest BCUT2D eigenvalue weighted by Crippen LogP contribution is 2.32. The smallest absolute Gasteiger partial charge is 0.220 e. The first-order valence-electron chi connectivity index (χ1n) is 8.31. The topological polar surface area (TPSA) is 49.3 Å². The van der Waals surface area contributed by atoms with Gasteiger partial charge in [-0.2, -0.15) is 0 Å². The number of phenolic OH excluding ortho intramolecular Hbond substituents is 1. The number of rotatable bonds is 6. The number of carbonyl (C=O) groups is 1. The zero-order valence-corrected chi connectivity index (χ0v) is 16.2. The van der Waals surface area contributed by atoms with Crippen LogP contribution in [0.2, 0.25) is 10.0 Å². The van der Waals surface area contributed by atoms with E-state index in [2.05, 4.69) is 5.32 Å². The van der Waals surface area contributed by atoms with Crippen LogP contribution in [-0.4, -0.2) is 18.1 Å². The molecular weight excluding hydrogens is 357 g/mol. The Hall–Kier alpha value is -1.71. The molecule has 2 aromatic carbocycles. The minimum Gasteiger partial charge on any atom is -0.508 e. The van der Waals surface area contributed by atoms with Gasteiger partial charge in [0.05, 0.1) is 0 Å². The van der Waals surface area contributed by atoms with Gasteiger partial charge in [-0.05, 0) is 52.8 Å². The zero-order chi connectivity index (χ0) is 18.6. The van der Waals surface area contributed by atoms with E-state index in [1.165, 1.54) is 0 Å². The highest BCUT2D eigenvalue weighted by Gasteiger charge is 2.12. The van der Waals surface area contributed by atoms with Crippen molar-refractivity contribution in [2.75, 3.05) is 7.05 Å². The number of phenols is 1. The molecule has 0 atom stereocenters. The second kappa shape index (κ2) is 8.59.